The number of likely N-dealkylation sites (tertiary alicyclic amines) is 1. The molecule has 0 spiro atoms. The molecule has 0 aliphatic carbocycles. The summed E-state index contributed by atoms with van der Waals surface area (Å²) < 4.78 is 11.1. The van der Waals surface area contributed by atoms with Crippen molar-refractivity contribution < 1.29 is 14.1 Å². The molecule has 5 rings (SSSR count). The molecule has 33 heavy (non-hydrogen) atoms. The van der Waals surface area contributed by atoms with Gasteiger partial charge in [-0.2, -0.15) is 4.98 Å². The van der Waals surface area contributed by atoms with Crippen molar-refractivity contribution in [1.82, 2.24) is 20.0 Å². The second kappa shape index (κ2) is 8.50. The standard InChI is InChI=1S/C25H29N5O3/c1-25(2,3)32-24(31)30-13-10-20(16-30)22-27-23(33-28-22)18-8-11-26-21(14-18)29-12-9-17-6-4-5-7-19(17)15-29/h4-8,11,14,20H,9-10,12-13,15-16H2,1-3H3. The van der Waals surface area contributed by atoms with Crippen LogP contribution < -0.4 is 4.90 Å². The second-order valence-corrected chi connectivity index (χ2v) is 9.71. The molecule has 8 heteroatoms. The lowest BCUT2D eigenvalue weighted by Gasteiger charge is -2.29. The summed E-state index contributed by atoms with van der Waals surface area (Å²) in [4.78, 5) is 25.6. The predicted molar refractivity (Wildman–Crippen MR) is 124 cm³/mol. The Labute approximate surface area is 193 Å². The van der Waals surface area contributed by atoms with Gasteiger partial charge in [-0.05, 0) is 56.9 Å². The van der Waals surface area contributed by atoms with Gasteiger partial charge in [0.15, 0.2) is 5.82 Å². The molecule has 1 fully saturated rings. The SMILES string of the molecule is CC(C)(C)OC(=O)N1CCC(c2noc(-c3ccnc(N4CCc5ccccc5C4)c3)n2)C1. The van der Waals surface area contributed by atoms with Crippen LogP contribution >= 0.6 is 0 Å². The van der Waals surface area contributed by atoms with Gasteiger partial charge >= 0.3 is 6.09 Å². The van der Waals surface area contributed by atoms with Gasteiger partial charge in [-0.25, -0.2) is 9.78 Å². The lowest BCUT2D eigenvalue weighted by Crippen LogP contribution is -2.35. The summed E-state index contributed by atoms with van der Waals surface area (Å²) in [6.07, 6.45) is 3.28. The molecule has 1 atom stereocenters. The summed E-state index contributed by atoms with van der Waals surface area (Å²) in [5, 5.41) is 4.22. The largest absolute Gasteiger partial charge is 0.444 e. The average molecular weight is 448 g/mol. The van der Waals surface area contributed by atoms with E-state index in [9.17, 15) is 4.79 Å². The first-order chi connectivity index (χ1) is 15.9. The van der Waals surface area contributed by atoms with Gasteiger partial charge in [0.1, 0.15) is 11.4 Å². The number of hydrogen-bond donors (Lipinski definition) is 0. The maximum atomic E-state index is 12.4. The number of nitrogens with zero attached hydrogens (tertiary/aromatic N) is 5. The van der Waals surface area contributed by atoms with E-state index < -0.39 is 5.60 Å². The molecule has 0 radical (unpaired) electrons. The van der Waals surface area contributed by atoms with Gasteiger partial charge in [-0.15, -0.1) is 0 Å². The smallest absolute Gasteiger partial charge is 0.410 e. The Morgan fingerprint density at radius 3 is 2.79 bits per heavy atom. The van der Waals surface area contributed by atoms with E-state index in [0.717, 1.165) is 37.3 Å². The third-order valence-electron chi connectivity index (χ3n) is 6.09. The molecule has 1 saturated heterocycles. The molecular weight excluding hydrogens is 418 g/mol. The summed E-state index contributed by atoms with van der Waals surface area (Å²) in [5.74, 6) is 2.04. The third kappa shape index (κ3) is 4.69. The highest BCUT2D eigenvalue weighted by atomic mass is 16.6. The fourth-order valence-electron chi connectivity index (χ4n) is 4.40. The van der Waals surface area contributed by atoms with E-state index in [-0.39, 0.29) is 12.0 Å². The van der Waals surface area contributed by atoms with Crippen molar-refractivity contribution in [2.45, 2.75) is 51.7 Å². The van der Waals surface area contributed by atoms with Crippen LogP contribution in [0, 0.1) is 0 Å². The summed E-state index contributed by atoms with van der Waals surface area (Å²) >= 11 is 0. The van der Waals surface area contributed by atoms with E-state index in [0.29, 0.717) is 24.8 Å². The molecule has 172 valence electrons. The molecule has 0 saturated carbocycles. The highest BCUT2D eigenvalue weighted by Gasteiger charge is 2.33. The average Bonchev–Trinajstić information content (AvgIpc) is 3.48. The van der Waals surface area contributed by atoms with E-state index >= 15 is 0 Å². The Hall–Kier alpha value is -3.42. The minimum absolute atomic E-state index is 0.0370. The number of hydrogen-bond acceptors (Lipinski definition) is 7. The highest BCUT2D eigenvalue weighted by Crippen LogP contribution is 2.30. The molecule has 1 unspecified atom stereocenters. The molecule has 1 aromatic carbocycles. The minimum Gasteiger partial charge on any atom is -0.444 e. The number of fused-ring (bicyclic) bond motifs is 1. The number of amides is 1. The van der Waals surface area contributed by atoms with Crippen LogP contribution in [0.2, 0.25) is 0 Å². The van der Waals surface area contributed by atoms with Crippen LogP contribution in [0.1, 0.15) is 50.1 Å². The minimum atomic E-state index is -0.510. The van der Waals surface area contributed by atoms with Crippen LogP contribution in [-0.2, 0) is 17.7 Å². The number of aromatic nitrogens is 3. The maximum Gasteiger partial charge on any atom is 0.410 e. The Morgan fingerprint density at radius 2 is 1.97 bits per heavy atom. The van der Waals surface area contributed by atoms with Crippen LogP contribution in [0.25, 0.3) is 11.5 Å². The van der Waals surface area contributed by atoms with Crippen LogP contribution in [0.4, 0.5) is 10.6 Å². The van der Waals surface area contributed by atoms with Crippen LogP contribution in [0.15, 0.2) is 47.1 Å². The lowest BCUT2D eigenvalue weighted by atomic mass is 10.00. The highest BCUT2D eigenvalue weighted by molar-refractivity contribution is 5.68. The topological polar surface area (TPSA) is 84.6 Å². The molecule has 2 aliphatic rings. The first-order valence-corrected chi connectivity index (χ1v) is 11.5. The summed E-state index contributed by atoms with van der Waals surface area (Å²) in [5.41, 5.74) is 3.08. The van der Waals surface area contributed by atoms with Crippen molar-refractivity contribution in [3.8, 4) is 11.5 Å². The van der Waals surface area contributed by atoms with E-state index in [1.807, 2.05) is 32.9 Å². The summed E-state index contributed by atoms with van der Waals surface area (Å²) in [7, 11) is 0. The van der Waals surface area contributed by atoms with Gasteiger partial charge in [0.05, 0.1) is 0 Å². The Bertz CT molecular complexity index is 1150. The van der Waals surface area contributed by atoms with Gasteiger partial charge in [0, 0.05) is 43.9 Å². The van der Waals surface area contributed by atoms with Gasteiger partial charge in [-0.3, -0.25) is 0 Å². The fraction of sp³-hybridized carbons (Fsp3) is 0.440. The van der Waals surface area contributed by atoms with Crippen molar-refractivity contribution in [2.75, 3.05) is 24.5 Å². The quantitative estimate of drug-likeness (QED) is 0.588. The van der Waals surface area contributed by atoms with Crippen LogP contribution in [0.3, 0.4) is 0 Å². The summed E-state index contributed by atoms with van der Waals surface area (Å²) in [6.45, 7) is 8.53. The van der Waals surface area contributed by atoms with Crippen molar-refractivity contribution in [1.29, 1.82) is 0 Å². The van der Waals surface area contributed by atoms with E-state index in [1.54, 1.807) is 11.1 Å². The van der Waals surface area contributed by atoms with Crippen LogP contribution in [-0.4, -0.2) is 51.4 Å². The monoisotopic (exact) mass is 447 g/mol. The molecule has 2 aromatic heterocycles. The van der Waals surface area contributed by atoms with Crippen molar-refractivity contribution in [2.24, 2.45) is 0 Å². The van der Waals surface area contributed by atoms with Gasteiger partial charge in [0.25, 0.3) is 5.89 Å². The molecule has 0 N–H and O–H groups in total. The molecule has 2 aliphatic heterocycles. The molecule has 1 amide bonds. The normalized spacial score (nSPS) is 18.3. The summed E-state index contributed by atoms with van der Waals surface area (Å²) in [6, 6.07) is 12.4. The van der Waals surface area contributed by atoms with Gasteiger partial charge in [0.2, 0.25) is 0 Å². The molecular formula is C25H29N5O3. The third-order valence-corrected chi connectivity index (χ3v) is 6.09. The molecule has 0 bridgehead atoms. The number of carbonyl (C=O) groups excluding carboxylic acids is 1. The molecule has 8 nitrogen and oxygen atoms in total. The first-order valence-electron chi connectivity index (χ1n) is 11.5. The van der Waals surface area contributed by atoms with Gasteiger partial charge < -0.3 is 19.1 Å². The number of anilines is 1. The predicted octanol–water partition coefficient (Wildman–Crippen LogP) is 4.42. The van der Waals surface area contributed by atoms with Crippen molar-refractivity contribution in [3.63, 3.8) is 0 Å². The zero-order valence-corrected chi connectivity index (χ0v) is 19.3. The molecule has 3 aromatic rings. The van der Waals surface area contributed by atoms with E-state index in [2.05, 4.69) is 44.3 Å². The van der Waals surface area contributed by atoms with E-state index in [1.165, 1.54) is 11.1 Å². The molecule has 4 heterocycles. The Balaban J connectivity index is 1.28. The fourth-order valence-corrected chi connectivity index (χ4v) is 4.40. The number of ether oxygens (including phenoxy) is 1. The number of pyridine rings is 1. The van der Waals surface area contributed by atoms with Crippen molar-refractivity contribution in [3.05, 3.63) is 59.5 Å². The Kier molecular flexibility index (Phi) is 5.52. The maximum absolute atomic E-state index is 12.4. The number of carbonyl (C=O) groups is 1. The van der Waals surface area contributed by atoms with Gasteiger partial charge in [-0.1, -0.05) is 29.4 Å². The zero-order valence-electron chi connectivity index (χ0n) is 19.3. The first kappa shape index (κ1) is 21.4. The van der Waals surface area contributed by atoms with Crippen LogP contribution in [0.5, 0.6) is 0 Å². The number of benzene rings is 1. The van der Waals surface area contributed by atoms with E-state index in [4.69, 9.17) is 9.26 Å². The Morgan fingerprint density at radius 1 is 1.15 bits per heavy atom. The zero-order chi connectivity index (χ0) is 23.0. The number of rotatable bonds is 3. The van der Waals surface area contributed by atoms with Crippen molar-refractivity contribution >= 4 is 11.9 Å². The lowest BCUT2D eigenvalue weighted by molar-refractivity contribution is 0.0292. The second-order valence-electron chi connectivity index (χ2n) is 9.71.